The summed E-state index contributed by atoms with van der Waals surface area (Å²) >= 11 is 0.974. The molecule has 0 amide bonds. The highest BCUT2D eigenvalue weighted by atomic mass is 32.2. The molecule has 0 aliphatic rings. The van der Waals surface area contributed by atoms with E-state index in [4.69, 9.17) is 5.11 Å². The van der Waals surface area contributed by atoms with Crippen LogP contribution in [0.1, 0.15) is 26.0 Å². The van der Waals surface area contributed by atoms with Crippen LogP contribution in [0.3, 0.4) is 0 Å². The van der Waals surface area contributed by atoms with Crippen molar-refractivity contribution in [2.24, 2.45) is 7.05 Å². The number of aromatic nitrogens is 2. The first kappa shape index (κ1) is 14.5. The van der Waals surface area contributed by atoms with Gasteiger partial charge in [0.1, 0.15) is 10.9 Å². The van der Waals surface area contributed by atoms with Gasteiger partial charge in [0.15, 0.2) is 5.03 Å². The minimum atomic E-state index is -0.976. The van der Waals surface area contributed by atoms with E-state index in [-0.39, 0.29) is 5.69 Å². The molecule has 1 aromatic rings. The monoisotopic (exact) mass is 273 g/mol. The van der Waals surface area contributed by atoms with Gasteiger partial charge >= 0.3 is 11.7 Å². The molecule has 1 aromatic heterocycles. The van der Waals surface area contributed by atoms with E-state index in [2.05, 4.69) is 5.10 Å². The van der Waals surface area contributed by atoms with Gasteiger partial charge in [0.05, 0.1) is 4.92 Å². The number of aliphatic carboxylic acids is 1. The number of carboxylic acid groups (broad SMARTS) is 1. The van der Waals surface area contributed by atoms with Crippen molar-refractivity contribution in [2.45, 2.75) is 37.0 Å². The number of nitrogens with zero attached hydrogens (tertiary/aromatic N) is 3. The van der Waals surface area contributed by atoms with Crippen molar-refractivity contribution >= 4 is 23.4 Å². The lowest BCUT2D eigenvalue weighted by Gasteiger charge is -2.08. The third-order valence-corrected chi connectivity index (χ3v) is 3.96. The molecule has 0 saturated carbocycles. The summed E-state index contributed by atoms with van der Waals surface area (Å²) in [5, 5.41) is 23.7. The van der Waals surface area contributed by atoms with Crippen LogP contribution in [0, 0.1) is 10.1 Å². The molecule has 1 N–H and O–H groups in total. The normalized spacial score (nSPS) is 12.4. The molecule has 7 nitrogen and oxygen atoms in total. The SMILES string of the molecule is CCc1nn(C)c(SC(CC)C(=O)O)c1[N+](=O)[O-]. The Kier molecular flexibility index (Phi) is 4.71. The van der Waals surface area contributed by atoms with Gasteiger partial charge in [-0.2, -0.15) is 5.10 Å². The molecule has 100 valence electrons. The Morgan fingerprint density at radius 3 is 2.61 bits per heavy atom. The summed E-state index contributed by atoms with van der Waals surface area (Å²) in [6, 6.07) is 0. The fraction of sp³-hybridized carbons (Fsp3) is 0.600. The number of rotatable bonds is 6. The zero-order valence-electron chi connectivity index (χ0n) is 10.4. The van der Waals surface area contributed by atoms with E-state index in [1.165, 1.54) is 4.68 Å². The molecule has 0 spiro atoms. The fourth-order valence-corrected chi connectivity index (χ4v) is 2.58. The van der Waals surface area contributed by atoms with Crippen molar-refractivity contribution in [3.63, 3.8) is 0 Å². The van der Waals surface area contributed by atoms with Gasteiger partial charge in [-0.25, -0.2) is 0 Å². The van der Waals surface area contributed by atoms with Crippen molar-refractivity contribution < 1.29 is 14.8 Å². The average molecular weight is 273 g/mol. The molecule has 0 saturated heterocycles. The Morgan fingerprint density at radius 1 is 1.61 bits per heavy atom. The molecule has 1 rings (SSSR count). The van der Waals surface area contributed by atoms with E-state index in [0.29, 0.717) is 23.6 Å². The molecule has 8 heteroatoms. The van der Waals surface area contributed by atoms with Crippen LogP contribution < -0.4 is 0 Å². The van der Waals surface area contributed by atoms with Crippen LogP contribution in [0.4, 0.5) is 5.69 Å². The Bertz CT molecular complexity index is 472. The molecule has 1 atom stereocenters. The molecule has 0 aliphatic carbocycles. The standard InChI is InChI=1S/C10H15N3O4S/c1-4-6-8(13(16)17)9(12(3)11-6)18-7(5-2)10(14)15/h7H,4-5H2,1-3H3,(H,14,15). The highest BCUT2D eigenvalue weighted by molar-refractivity contribution is 8.00. The van der Waals surface area contributed by atoms with E-state index in [1.807, 2.05) is 0 Å². The molecule has 1 heterocycles. The largest absolute Gasteiger partial charge is 0.480 e. The molecule has 18 heavy (non-hydrogen) atoms. The zero-order valence-corrected chi connectivity index (χ0v) is 11.2. The van der Waals surface area contributed by atoms with Crippen LogP contribution >= 0.6 is 11.8 Å². The predicted octanol–water partition coefficient (Wildman–Crippen LogP) is 1.85. The van der Waals surface area contributed by atoms with Crippen molar-refractivity contribution in [1.29, 1.82) is 0 Å². The minimum Gasteiger partial charge on any atom is -0.480 e. The number of aryl methyl sites for hydroxylation is 2. The summed E-state index contributed by atoms with van der Waals surface area (Å²) in [4.78, 5) is 21.5. The molecule has 0 radical (unpaired) electrons. The third-order valence-electron chi connectivity index (χ3n) is 2.46. The third kappa shape index (κ3) is 2.81. The van der Waals surface area contributed by atoms with Gasteiger partial charge in [-0.05, 0) is 12.8 Å². The lowest BCUT2D eigenvalue weighted by molar-refractivity contribution is -0.388. The summed E-state index contributed by atoms with van der Waals surface area (Å²) < 4.78 is 1.38. The summed E-state index contributed by atoms with van der Waals surface area (Å²) in [5.41, 5.74) is 0.301. The Hall–Kier alpha value is -1.57. The number of carbonyl (C=O) groups is 1. The van der Waals surface area contributed by atoms with Crippen molar-refractivity contribution in [1.82, 2.24) is 9.78 Å². The topological polar surface area (TPSA) is 98.3 Å². The highest BCUT2D eigenvalue weighted by Crippen LogP contribution is 2.35. The van der Waals surface area contributed by atoms with Crippen LogP contribution in [0.5, 0.6) is 0 Å². The van der Waals surface area contributed by atoms with Crippen molar-refractivity contribution in [3.05, 3.63) is 15.8 Å². The maximum absolute atomic E-state index is 11.0. The number of hydrogen-bond donors (Lipinski definition) is 1. The summed E-state index contributed by atoms with van der Waals surface area (Å²) in [6.07, 6.45) is 0.832. The first-order chi connectivity index (χ1) is 8.42. The number of carboxylic acids is 1. The smallest absolute Gasteiger partial charge is 0.323 e. The van der Waals surface area contributed by atoms with Gasteiger partial charge in [-0.15, -0.1) is 0 Å². The number of nitro groups is 1. The molecule has 0 fully saturated rings. The number of hydrogen-bond acceptors (Lipinski definition) is 5. The first-order valence-corrected chi connectivity index (χ1v) is 6.40. The predicted molar refractivity (Wildman–Crippen MR) is 66.8 cm³/mol. The van der Waals surface area contributed by atoms with Gasteiger partial charge in [0.25, 0.3) is 0 Å². The second kappa shape index (κ2) is 5.85. The van der Waals surface area contributed by atoms with Gasteiger partial charge in [-0.3, -0.25) is 19.6 Å². The van der Waals surface area contributed by atoms with Crippen molar-refractivity contribution in [2.75, 3.05) is 0 Å². The summed E-state index contributed by atoms with van der Waals surface area (Å²) in [5.74, 6) is -0.976. The van der Waals surface area contributed by atoms with Gasteiger partial charge < -0.3 is 5.11 Å². The van der Waals surface area contributed by atoms with E-state index in [1.54, 1.807) is 20.9 Å². The van der Waals surface area contributed by atoms with E-state index in [0.717, 1.165) is 11.8 Å². The molecule has 0 aliphatic heterocycles. The van der Waals surface area contributed by atoms with E-state index < -0.39 is 16.1 Å². The van der Waals surface area contributed by atoms with Crippen LogP contribution in [0.15, 0.2) is 5.03 Å². The summed E-state index contributed by atoms with van der Waals surface area (Å²) in [7, 11) is 1.59. The van der Waals surface area contributed by atoms with Gasteiger partial charge in [0, 0.05) is 7.05 Å². The van der Waals surface area contributed by atoms with Crippen molar-refractivity contribution in [3.8, 4) is 0 Å². The fourth-order valence-electron chi connectivity index (χ4n) is 1.55. The molecule has 0 bridgehead atoms. The van der Waals surface area contributed by atoms with Crippen LogP contribution in [-0.2, 0) is 18.3 Å². The van der Waals surface area contributed by atoms with Gasteiger partial charge in [-0.1, -0.05) is 25.6 Å². The minimum absolute atomic E-state index is 0.0790. The number of thioether (sulfide) groups is 1. The maximum Gasteiger partial charge on any atom is 0.323 e. The first-order valence-electron chi connectivity index (χ1n) is 5.52. The zero-order chi connectivity index (χ0) is 13.9. The maximum atomic E-state index is 11.0. The Morgan fingerprint density at radius 2 is 2.22 bits per heavy atom. The average Bonchev–Trinajstić information content (AvgIpc) is 2.62. The highest BCUT2D eigenvalue weighted by Gasteiger charge is 2.29. The van der Waals surface area contributed by atoms with Gasteiger partial charge in [0.2, 0.25) is 0 Å². The van der Waals surface area contributed by atoms with Crippen LogP contribution in [-0.4, -0.2) is 31.0 Å². The molecular weight excluding hydrogens is 258 g/mol. The summed E-state index contributed by atoms with van der Waals surface area (Å²) in [6.45, 7) is 3.51. The second-order valence-corrected chi connectivity index (χ2v) is 4.88. The molecule has 1 unspecified atom stereocenters. The Labute approximate surface area is 108 Å². The van der Waals surface area contributed by atoms with E-state index in [9.17, 15) is 14.9 Å². The van der Waals surface area contributed by atoms with E-state index >= 15 is 0 Å². The quantitative estimate of drug-likeness (QED) is 0.482. The lowest BCUT2D eigenvalue weighted by Crippen LogP contribution is -2.15. The van der Waals surface area contributed by atoms with Crippen LogP contribution in [0.25, 0.3) is 0 Å². The molecule has 0 aromatic carbocycles. The van der Waals surface area contributed by atoms with Crippen LogP contribution in [0.2, 0.25) is 0 Å². The lowest BCUT2D eigenvalue weighted by atomic mass is 10.3. The second-order valence-electron chi connectivity index (χ2n) is 3.69. The molecular formula is C10H15N3O4S. The Balaban J connectivity index is 3.18.